The summed E-state index contributed by atoms with van der Waals surface area (Å²) in [6.45, 7) is 6.49. The van der Waals surface area contributed by atoms with Crippen molar-refractivity contribution >= 4 is 5.91 Å². The molecule has 1 saturated carbocycles. The fourth-order valence-corrected chi connectivity index (χ4v) is 3.36. The van der Waals surface area contributed by atoms with Gasteiger partial charge in [-0.15, -0.1) is 0 Å². The zero-order valence-electron chi connectivity index (χ0n) is 12.3. The minimum absolute atomic E-state index is 0.0377. The Morgan fingerprint density at radius 1 is 1.32 bits per heavy atom. The van der Waals surface area contributed by atoms with E-state index in [0.717, 1.165) is 51.7 Å². The molecule has 0 aromatic heterocycles. The molecule has 1 heterocycles. The minimum Gasteiger partial charge on any atom is -0.393 e. The standard InChI is InChI=1S/C15H28N2O2/c1-12(18)17-9-6-13(7-10-17)16-11-15(2)8-4-3-5-14(15)19/h13-14,16,19H,3-11H2,1-2H3. The molecule has 2 atom stereocenters. The molecule has 0 bridgehead atoms. The van der Waals surface area contributed by atoms with Crippen LogP contribution in [0.5, 0.6) is 0 Å². The Morgan fingerprint density at radius 3 is 2.58 bits per heavy atom. The molecule has 19 heavy (non-hydrogen) atoms. The fraction of sp³-hybridized carbons (Fsp3) is 0.933. The molecule has 0 aromatic rings. The van der Waals surface area contributed by atoms with Crippen LogP contribution in [0, 0.1) is 5.41 Å². The van der Waals surface area contributed by atoms with Crippen molar-refractivity contribution in [2.24, 2.45) is 5.41 Å². The first-order chi connectivity index (χ1) is 9.01. The summed E-state index contributed by atoms with van der Waals surface area (Å²) in [6, 6.07) is 0.501. The van der Waals surface area contributed by atoms with Crippen molar-refractivity contribution in [3.63, 3.8) is 0 Å². The predicted molar refractivity (Wildman–Crippen MR) is 75.9 cm³/mol. The molecule has 0 radical (unpaired) electrons. The average molecular weight is 268 g/mol. The number of rotatable bonds is 3. The van der Waals surface area contributed by atoms with Crippen molar-refractivity contribution in [1.82, 2.24) is 10.2 Å². The van der Waals surface area contributed by atoms with Crippen LogP contribution in [-0.4, -0.2) is 47.7 Å². The third kappa shape index (κ3) is 3.69. The van der Waals surface area contributed by atoms with Gasteiger partial charge in [-0.3, -0.25) is 4.79 Å². The van der Waals surface area contributed by atoms with Gasteiger partial charge in [0.2, 0.25) is 5.91 Å². The maximum atomic E-state index is 11.3. The zero-order valence-corrected chi connectivity index (χ0v) is 12.3. The lowest BCUT2D eigenvalue weighted by Gasteiger charge is -2.40. The molecular weight excluding hydrogens is 240 g/mol. The molecule has 4 heteroatoms. The number of hydrogen-bond donors (Lipinski definition) is 2. The second kappa shape index (κ2) is 6.23. The molecule has 2 fully saturated rings. The highest BCUT2D eigenvalue weighted by atomic mass is 16.3. The number of nitrogens with zero attached hydrogens (tertiary/aromatic N) is 1. The summed E-state index contributed by atoms with van der Waals surface area (Å²) in [5.41, 5.74) is 0.0377. The number of piperidine rings is 1. The van der Waals surface area contributed by atoms with E-state index in [1.54, 1.807) is 6.92 Å². The number of amides is 1. The van der Waals surface area contributed by atoms with E-state index in [4.69, 9.17) is 0 Å². The van der Waals surface area contributed by atoms with Crippen molar-refractivity contribution in [1.29, 1.82) is 0 Å². The van der Waals surface area contributed by atoms with Crippen LogP contribution in [0.15, 0.2) is 0 Å². The number of carbonyl (C=O) groups is 1. The van der Waals surface area contributed by atoms with E-state index in [2.05, 4.69) is 12.2 Å². The van der Waals surface area contributed by atoms with Gasteiger partial charge in [-0.25, -0.2) is 0 Å². The van der Waals surface area contributed by atoms with E-state index < -0.39 is 0 Å². The highest BCUT2D eigenvalue weighted by molar-refractivity contribution is 5.73. The van der Waals surface area contributed by atoms with Crippen LogP contribution < -0.4 is 5.32 Å². The third-order valence-corrected chi connectivity index (χ3v) is 5.01. The lowest BCUT2D eigenvalue weighted by Crippen LogP contribution is -2.49. The summed E-state index contributed by atoms with van der Waals surface area (Å²) in [6.07, 6.45) is 6.36. The van der Waals surface area contributed by atoms with Gasteiger partial charge in [0.15, 0.2) is 0 Å². The third-order valence-electron chi connectivity index (χ3n) is 5.01. The molecule has 1 aliphatic heterocycles. The highest BCUT2D eigenvalue weighted by Crippen LogP contribution is 2.35. The van der Waals surface area contributed by atoms with E-state index in [0.29, 0.717) is 6.04 Å². The quantitative estimate of drug-likeness (QED) is 0.816. The summed E-state index contributed by atoms with van der Waals surface area (Å²) in [7, 11) is 0. The molecule has 1 amide bonds. The van der Waals surface area contributed by atoms with Gasteiger partial charge >= 0.3 is 0 Å². The van der Waals surface area contributed by atoms with Crippen LogP contribution in [-0.2, 0) is 4.79 Å². The normalized spacial score (nSPS) is 33.4. The Morgan fingerprint density at radius 2 is 2.00 bits per heavy atom. The number of hydrogen-bond acceptors (Lipinski definition) is 3. The van der Waals surface area contributed by atoms with Gasteiger partial charge in [-0.1, -0.05) is 19.8 Å². The Labute approximate surface area is 116 Å². The van der Waals surface area contributed by atoms with E-state index in [1.807, 2.05) is 4.90 Å². The Bertz CT molecular complexity index is 313. The second-order valence-corrected chi connectivity index (χ2v) is 6.58. The lowest BCUT2D eigenvalue weighted by atomic mass is 9.73. The van der Waals surface area contributed by atoms with Crippen molar-refractivity contribution in [3.8, 4) is 0 Å². The molecule has 110 valence electrons. The number of carbonyl (C=O) groups excluding carboxylic acids is 1. The van der Waals surface area contributed by atoms with Crippen molar-refractivity contribution < 1.29 is 9.90 Å². The summed E-state index contributed by atoms with van der Waals surface area (Å²) in [5.74, 6) is 0.188. The van der Waals surface area contributed by atoms with E-state index in [1.165, 1.54) is 6.42 Å². The summed E-state index contributed by atoms with van der Waals surface area (Å²) >= 11 is 0. The van der Waals surface area contributed by atoms with E-state index >= 15 is 0 Å². The molecule has 4 nitrogen and oxygen atoms in total. The maximum Gasteiger partial charge on any atom is 0.219 e. The zero-order chi connectivity index (χ0) is 13.9. The van der Waals surface area contributed by atoms with Gasteiger partial charge in [0.05, 0.1) is 6.10 Å². The van der Waals surface area contributed by atoms with E-state index in [-0.39, 0.29) is 17.4 Å². The smallest absolute Gasteiger partial charge is 0.219 e. The fourth-order valence-electron chi connectivity index (χ4n) is 3.36. The topological polar surface area (TPSA) is 52.6 Å². The van der Waals surface area contributed by atoms with Crippen molar-refractivity contribution in [2.45, 2.75) is 64.5 Å². The van der Waals surface area contributed by atoms with Gasteiger partial charge in [0.1, 0.15) is 0 Å². The molecule has 0 aromatic carbocycles. The van der Waals surface area contributed by atoms with E-state index in [9.17, 15) is 9.90 Å². The molecule has 0 spiro atoms. The number of aliphatic hydroxyl groups excluding tert-OH is 1. The van der Waals surface area contributed by atoms with Gasteiger partial charge in [0, 0.05) is 38.0 Å². The van der Waals surface area contributed by atoms with Crippen LogP contribution in [0.2, 0.25) is 0 Å². The molecule has 1 aliphatic carbocycles. The average Bonchev–Trinajstić information content (AvgIpc) is 2.41. The number of likely N-dealkylation sites (tertiary alicyclic amines) is 1. The highest BCUT2D eigenvalue weighted by Gasteiger charge is 2.35. The van der Waals surface area contributed by atoms with Crippen LogP contribution in [0.4, 0.5) is 0 Å². The Balaban J connectivity index is 1.75. The first kappa shape index (κ1) is 14.8. The minimum atomic E-state index is -0.161. The van der Waals surface area contributed by atoms with Gasteiger partial charge in [-0.05, 0) is 25.7 Å². The predicted octanol–water partition coefficient (Wildman–Crippen LogP) is 1.53. The largest absolute Gasteiger partial charge is 0.393 e. The maximum absolute atomic E-state index is 11.3. The molecule has 2 aliphatic rings. The SMILES string of the molecule is CC(=O)N1CCC(NCC2(C)CCCCC2O)CC1. The number of nitrogens with one attached hydrogen (secondary N) is 1. The van der Waals surface area contributed by atoms with Gasteiger partial charge in [-0.2, -0.15) is 0 Å². The number of aliphatic hydroxyl groups is 1. The van der Waals surface area contributed by atoms with Crippen LogP contribution in [0.25, 0.3) is 0 Å². The van der Waals surface area contributed by atoms with Gasteiger partial charge in [0.25, 0.3) is 0 Å². The second-order valence-electron chi connectivity index (χ2n) is 6.58. The summed E-state index contributed by atoms with van der Waals surface area (Å²) in [5, 5.41) is 13.8. The molecule has 2 N–H and O–H groups in total. The first-order valence-electron chi connectivity index (χ1n) is 7.68. The monoisotopic (exact) mass is 268 g/mol. The molecule has 1 saturated heterocycles. The van der Waals surface area contributed by atoms with Gasteiger partial charge < -0.3 is 15.3 Å². The molecule has 2 unspecified atom stereocenters. The van der Waals surface area contributed by atoms with Crippen molar-refractivity contribution in [3.05, 3.63) is 0 Å². The lowest BCUT2D eigenvalue weighted by molar-refractivity contribution is -0.129. The molecule has 2 rings (SSSR count). The summed E-state index contributed by atoms with van der Waals surface area (Å²) in [4.78, 5) is 13.2. The molecular formula is C15H28N2O2. The van der Waals surface area contributed by atoms with Crippen molar-refractivity contribution in [2.75, 3.05) is 19.6 Å². The van der Waals surface area contributed by atoms with Crippen LogP contribution in [0.3, 0.4) is 0 Å². The Kier molecular flexibility index (Phi) is 4.85. The first-order valence-corrected chi connectivity index (χ1v) is 7.68. The Hall–Kier alpha value is -0.610. The van der Waals surface area contributed by atoms with Crippen LogP contribution >= 0.6 is 0 Å². The summed E-state index contributed by atoms with van der Waals surface area (Å²) < 4.78 is 0. The van der Waals surface area contributed by atoms with Crippen LogP contribution in [0.1, 0.15) is 52.4 Å².